The maximum Gasteiger partial charge on any atom is 0.0361 e. The van der Waals surface area contributed by atoms with Crippen molar-refractivity contribution in [3.8, 4) is 0 Å². The summed E-state index contributed by atoms with van der Waals surface area (Å²) < 4.78 is 0. The average molecular weight is 247 g/mol. The first-order valence-corrected chi connectivity index (χ1v) is 6.76. The van der Waals surface area contributed by atoms with E-state index in [1.54, 1.807) is 0 Å². The molecule has 1 N–H and O–H groups in total. The Balaban J connectivity index is 1.83. The maximum atomic E-state index is 3.65. The minimum Gasteiger partial charge on any atom is -0.378 e. The zero-order valence-corrected chi connectivity index (χ0v) is 12.0. The van der Waals surface area contributed by atoms with Crippen LogP contribution in [0.3, 0.4) is 0 Å². The summed E-state index contributed by atoms with van der Waals surface area (Å²) in [7, 11) is 6.35. The molecule has 0 aromatic heterocycles. The molecule has 1 fully saturated rings. The van der Waals surface area contributed by atoms with Gasteiger partial charge in [0.05, 0.1) is 0 Å². The number of likely N-dealkylation sites (tertiary alicyclic amines) is 1. The molecule has 0 bridgehead atoms. The molecule has 2 unspecified atom stereocenters. The largest absolute Gasteiger partial charge is 0.378 e. The molecule has 1 aromatic rings. The monoisotopic (exact) mass is 247 g/mol. The van der Waals surface area contributed by atoms with Gasteiger partial charge in [0.1, 0.15) is 0 Å². The molecule has 1 aromatic carbocycles. The molecule has 0 amide bonds. The fourth-order valence-electron chi connectivity index (χ4n) is 2.52. The number of benzene rings is 1. The van der Waals surface area contributed by atoms with Crippen molar-refractivity contribution in [1.29, 1.82) is 0 Å². The van der Waals surface area contributed by atoms with E-state index >= 15 is 0 Å². The molecule has 3 nitrogen and oxygen atoms in total. The first-order chi connectivity index (χ1) is 8.56. The first-order valence-electron chi connectivity index (χ1n) is 6.76. The fraction of sp³-hybridized carbons (Fsp3) is 0.600. The van der Waals surface area contributed by atoms with Crippen molar-refractivity contribution in [1.82, 2.24) is 10.2 Å². The van der Waals surface area contributed by atoms with E-state index in [1.165, 1.54) is 17.7 Å². The maximum absolute atomic E-state index is 3.65. The summed E-state index contributed by atoms with van der Waals surface area (Å²) in [5.74, 6) is 0. The van der Waals surface area contributed by atoms with Crippen LogP contribution in [0.4, 0.5) is 5.69 Å². The normalized spacial score (nSPS) is 24.4. The van der Waals surface area contributed by atoms with Crippen LogP contribution < -0.4 is 10.2 Å². The Bertz CT molecular complexity index is 362. The van der Waals surface area contributed by atoms with Crippen LogP contribution in [0.15, 0.2) is 24.3 Å². The van der Waals surface area contributed by atoms with Gasteiger partial charge in [0, 0.05) is 45.0 Å². The van der Waals surface area contributed by atoms with Crippen molar-refractivity contribution < 1.29 is 0 Å². The van der Waals surface area contributed by atoms with Crippen molar-refractivity contribution in [2.75, 3.05) is 32.6 Å². The van der Waals surface area contributed by atoms with Gasteiger partial charge in [0.15, 0.2) is 0 Å². The van der Waals surface area contributed by atoms with Crippen LogP contribution in [0.1, 0.15) is 18.9 Å². The molecule has 1 aliphatic rings. The van der Waals surface area contributed by atoms with Crippen molar-refractivity contribution in [2.24, 2.45) is 0 Å². The van der Waals surface area contributed by atoms with E-state index in [9.17, 15) is 0 Å². The number of anilines is 1. The second-order valence-electron chi connectivity index (χ2n) is 5.66. The van der Waals surface area contributed by atoms with Crippen LogP contribution in [-0.4, -0.2) is 44.7 Å². The van der Waals surface area contributed by atoms with Crippen LogP contribution >= 0.6 is 0 Å². The minimum atomic E-state index is 0.638. The van der Waals surface area contributed by atoms with Crippen LogP contribution in [0, 0.1) is 0 Å². The van der Waals surface area contributed by atoms with E-state index in [0.29, 0.717) is 12.1 Å². The van der Waals surface area contributed by atoms with Crippen molar-refractivity contribution in [3.05, 3.63) is 29.8 Å². The van der Waals surface area contributed by atoms with E-state index in [-0.39, 0.29) is 0 Å². The topological polar surface area (TPSA) is 18.5 Å². The lowest BCUT2D eigenvalue weighted by Gasteiger charge is -2.15. The summed E-state index contributed by atoms with van der Waals surface area (Å²) in [6.45, 7) is 4.43. The highest BCUT2D eigenvalue weighted by atomic mass is 15.2. The quantitative estimate of drug-likeness (QED) is 0.877. The molecule has 0 spiro atoms. The average Bonchev–Trinajstić information content (AvgIpc) is 2.67. The Morgan fingerprint density at radius 3 is 2.44 bits per heavy atom. The van der Waals surface area contributed by atoms with E-state index in [2.05, 4.69) is 67.4 Å². The third-order valence-corrected chi connectivity index (χ3v) is 3.93. The summed E-state index contributed by atoms with van der Waals surface area (Å²) in [6, 6.07) is 10.1. The standard InChI is InChI=1S/C15H25N3/c1-12-9-14(11-18(12)4)16-10-13-5-7-15(8-6-13)17(2)3/h5-8,12,14,16H,9-11H2,1-4H3. The SMILES string of the molecule is CC1CC(NCc2ccc(N(C)C)cc2)CN1C. The number of rotatable bonds is 4. The number of nitrogens with zero attached hydrogens (tertiary/aromatic N) is 2. The fourth-order valence-corrected chi connectivity index (χ4v) is 2.52. The van der Waals surface area contributed by atoms with Crippen molar-refractivity contribution in [2.45, 2.75) is 32.0 Å². The Labute approximate surface area is 111 Å². The van der Waals surface area contributed by atoms with Gasteiger partial charge in [-0.3, -0.25) is 0 Å². The van der Waals surface area contributed by atoms with Gasteiger partial charge in [-0.1, -0.05) is 12.1 Å². The predicted octanol–water partition coefficient (Wildman–Crippen LogP) is 1.93. The first kappa shape index (κ1) is 13.4. The molecule has 100 valence electrons. The molecule has 1 heterocycles. The van der Waals surface area contributed by atoms with Crippen LogP contribution in [0.5, 0.6) is 0 Å². The zero-order valence-electron chi connectivity index (χ0n) is 12.0. The third kappa shape index (κ3) is 3.24. The summed E-state index contributed by atoms with van der Waals surface area (Å²) in [5.41, 5.74) is 2.62. The number of nitrogens with one attached hydrogen (secondary N) is 1. The highest BCUT2D eigenvalue weighted by Gasteiger charge is 2.25. The predicted molar refractivity (Wildman–Crippen MR) is 78.1 cm³/mol. The highest BCUT2D eigenvalue weighted by molar-refractivity contribution is 5.45. The van der Waals surface area contributed by atoms with Crippen molar-refractivity contribution >= 4 is 5.69 Å². The Kier molecular flexibility index (Phi) is 4.25. The third-order valence-electron chi connectivity index (χ3n) is 3.93. The summed E-state index contributed by atoms with van der Waals surface area (Å²) in [6.07, 6.45) is 1.26. The molecule has 18 heavy (non-hydrogen) atoms. The summed E-state index contributed by atoms with van der Waals surface area (Å²) >= 11 is 0. The van der Waals surface area contributed by atoms with Crippen LogP contribution in [-0.2, 0) is 6.54 Å². The van der Waals surface area contributed by atoms with Gasteiger partial charge in [-0.15, -0.1) is 0 Å². The smallest absolute Gasteiger partial charge is 0.0361 e. The van der Waals surface area contributed by atoms with E-state index in [0.717, 1.165) is 13.1 Å². The van der Waals surface area contributed by atoms with Gasteiger partial charge < -0.3 is 15.1 Å². The van der Waals surface area contributed by atoms with Crippen molar-refractivity contribution in [3.63, 3.8) is 0 Å². The van der Waals surface area contributed by atoms with E-state index < -0.39 is 0 Å². The van der Waals surface area contributed by atoms with Gasteiger partial charge in [-0.2, -0.15) is 0 Å². The van der Waals surface area contributed by atoms with E-state index in [1.807, 2.05) is 0 Å². The highest BCUT2D eigenvalue weighted by Crippen LogP contribution is 2.16. The number of hydrogen-bond acceptors (Lipinski definition) is 3. The van der Waals surface area contributed by atoms with Gasteiger partial charge in [-0.05, 0) is 38.1 Å². The molecular formula is C15H25N3. The van der Waals surface area contributed by atoms with Gasteiger partial charge >= 0.3 is 0 Å². The van der Waals surface area contributed by atoms with Crippen LogP contribution in [0.2, 0.25) is 0 Å². The van der Waals surface area contributed by atoms with Gasteiger partial charge in [0.25, 0.3) is 0 Å². The Morgan fingerprint density at radius 1 is 1.28 bits per heavy atom. The summed E-state index contributed by atoms with van der Waals surface area (Å²) in [4.78, 5) is 4.55. The molecule has 0 radical (unpaired) electrons. The minimum absolute atomic E-state index is 0.638. The molecule has 0 aliphatic carbocycles. The lowest BCUT2D eigenvalue weighted by atomic mass is 10.1. The van der Waals surface area contributed by atoms with E-state index in [4.69, 9.17) is 0 Å². The second-order valence-corrected chi connectivity index (χ2v) is 5.66. The molecular weight excluding hydrogens is 222 g/mol. The lowest BCUT2D eigenvalue weighted by Crippen LogP contribution is -2.31. The molecule has 2 atom stereocenters. The molecule has 1 aliphatic heterocycles. The Hall–Kier alpha value is -1.06. The molecule has 3 heteroatoms. The summed E-state index contributed by atoms with van der Waals surface area (Å²) in [5, 5.41) is 3.65. The number of likely N-dealkylation sites (N-methyl/N-ethyl adjacent to an activating group) is 1. The lowest BCUT2D eigenvalue weighted by molar-refractivity contribution is 0.326. The van der Waals surface area contributed by atoms with Crippen LogP contribution in [0.25, 0.3) is 0 Å². The molecule has 2 rings (SSSR count). The molecule has 0 saturated carbocycles. The number of hydrogen-bond donors (Lipinski definition) is 1. The van der Waals surface area contributed by atoms with Gasteiger partial charge in [0.2, 0.25) is 0 Å². The Morgan fingerprint density at radius 2 is 1.94 bits per heavy atom. The second kappa shape index (κ2) is 5.72. The van der Waals surface area contributed by atoms with Gasteiger partial charge in [-0.25, -0.2) is 0 Å². The zero-order chi connectivity index (χ0) is 13.1. The molecule has 1 saturated heterocycles.